The van der Waals surface area contributed by atoms with Crippen molar-refractivity contribution in [2.45, 2.75) is 33.4 Å². The fraction of sp³-hybridized carbons (Fsp3) is 0.353. The van der Waals surface area contributed by atoms with Crippen molar-refractivity contribution in [3.05, 3.63) is 50.8 Å². The van der Waals surface area contributed by atoms with Crippen molar-refractivity contribution in [3.8, 4) is 6.07 Å². The van der Waals surface area contributed by atoms with Crippen molar-refractivity contribution in [3.63, 3.8) is 0 Å². The minimum absolute atomic E-state index is 0.144. The largest absolute Gasteiger partial charge is 0.314 e. The van der Waals surface area contributed by atoms with Gasteiger partial charge in [-0.15, -0.1) is 0 Å². The molecule has 1 aliphatic rings. The second-order valence-electron chi connectivity index (χ2n) is 5.87. The normalized spacial score (nSPS) is 16.6. The Balaban J connectivity index is 2.07. The molecule has 1 atom stereocenters. The summed E-state index contributed by atoms with van der Waals surface area (Å²) in [5.41, 5.74) is 4.88. The Morgan fingerprint density at radius 2 is 2.04 bits per heavy atom. The van der Waals surface area contributed by atoms with Gasteiger partial charge in [0, 0.05) is 28.9 Å². The van der Waals surface area contributed by atoms with Crippen LogP contribution in [0.25, 0.3) is 0 Å². The number of halogens is 1. The molecule has 0 N–H and O–H groups in total. The average Bonchev–Trinajstić information content (AvgIpc) is 2.92. The molecule has 0 aliphatic carbocycles. The van der Waals surface area contributed by atoms with Crippen molar-refractivity contribution < 1.29 is 4.79 Å². The van der Waals surface area contributed by atoms with Crippen molar-refractivity contribution >= 4 is 17.5 Å². The van der Waals surface area contributed by atoms with Crippen molar-refractivity contribution in [2.24, 2.45) is 7.05 Å². The summed E-state index contributed by atoms with van der Waals surface area (Å²) >= 11 is 6.14. The summed E-state index contributed by atoms with van der Waals surface area (Å²) < 4.78 is 1.79. The van der Waals surface area contributed by atoms with E-state index in [1.807, 2.05) is 27.8 Å². The van der Waals surface area contributed by atoms with Crippen LogP contribution in [-0.4, -0.2) is 20.6 Å². The lowest BCUT2D eigenvalue weighted by Crippen LogP contribution is -2.27. The minimum Gasteiger partial charge on any atom is -0.314 e. The van der Waals surface area contributed by atoms with Gasteiger partial charge >= 0.3 is 0 Å². The summed E-state index contributed by atoms with van der Waals surface area (Å²) in [5.74, 6) is -0.144. The van der Waals surface area contributed by atoms with Gasteiger partial charge in [-0.3, -0.25) is 9.48 Å². The van der Waals surface area contributed by atoms with Crippen molar-refractivity contribution in [2.75, 3.05) is 0 Å². The lowest BCUT2D eigenvalue weighted by atomic mass is 10.0. The number of hydrogen-bond donors (Lipinski definition) is 0. The number of nitriles is 1. The van der Waals surface area contributed by atoms with Crippen LogP contribution >= 0.6 is 11.6 Å². The number of fused-ring (bicyclic) bond motifs is 1. The molecule has 1 amide bonds. The van der Waals surface area contributed by atoms with Crippen LogP contribution in [0, 0.1) is 32.1 Å². The van der Waals surface area contributed by atoms with Gasteiger partial charge in [-0.2, -0.15) is 10.4 Å². The van der Waals surface area contributed by atoms with E-state index in [0.29, 0.717) is 17.1 Å². The summed E-state index contributed by atoms with van der Waals surface area (Å²) in [4.78, 5) is 14.5. The van der Waals surface area contributed by atoms with Crippen LogP contribution < -0.4 is 0 Å². The number of hydrogen-bond acceptors (Lipinski definition) is 3. The highest BCUT2D eigenvalue weighted by Crippen LogP contribution is 2.38. The first-order valence-electron chi connectivity index (χ1n) is 7.35. The van der Waals surface area contributed by atoms with Crippen LogP contribution in [0.15, 0.2) is 12.1 Å². The summed E-state index contributed by atoms with van der Waals surface area (Å²) in [6.07, 6.45) is 0. The molecule has 23 heavy (non-hydrogen) atoms. The molecule has 1 aromatic carbocycles. The van der Waals surface area contributed by atoms with E-state index in [1.165, 1.54) is 0 Å². The van der Waals surface area contributed by atoms with E-state index < -0.39 is 6.04 Å². The zero-order valence-corrected chi connectivity index (χ0v) is 14.3. The van der Waals surface area contributed by atoms with Gasteiger partial charge in [-0.05, 0) is 32.4 Å². The summed E-state index contributed by atoms with van der Waals surface area (Å²) in [7, 11) is 1.87. The van der Waals surface area contributed by atoms with Crippen molar-refractivity contribution in [1.82, 2.24) is 14.7 Å². The first-order chi connectivity index (χ1) is 10.9. The number of rotatable bonds is 2. The molecular weight excluding hydrogens is 312 g/mol. The first kappa shape index (κ1) is 15.6. The maximum atomic E-state index is 12.9. The summed E-state index contributed by atoms with van der Waals surface area (Å²) in [5, 5.41) is 14.5. The Bertz CT molecular complexity index is 862. The molecule has 1 unspecified atom stereocenters. The molecule has 2 heterocycles. The molecule has 118 valence electrons. The van der Waals surface area contributed by atoms with Gasteiger partial charge in [0.15, 0.2) is 0 Å². The average molecular weight is 329 g/mol. The topological polar surface area (TPSA) is 61.9 Å². The minimum atomic E-state index is -0.590. The third-order valence-corrected chi connectivity index (χ3v) is 5.03. The van der Waals surface area contributed by atoms with E-state index in [9.17, 15) is 10.1 Å². The maximum absolute atomic E-state index is 12.9. The molecule has 1 aromatic heterocycles. The molecule has 0 bridgehead atoms. The number of aromatic nitrogens is 2. The number of amides is 1. The zero-order valence-electron chi connectivity index (χ0n) is 13.5. The van der Waals surface area contributed by atoms with Gasteiger partial charge in [-0.1, -0.05) is 17.7 Å². The van der Waals surface area contributed by atoms with Crippen LogP contribution in [0.3, 0.4) is 0 Å². The van der Waals surface area contributed by atoms with E-state index >= 15 is 0 Å². The van der Waals surface area contributed by atoms with Crippen LogP contribution in [0.1, 0.15) is 44.5 Å². The molecule has 1 aliphatic heterocycles. The standard InChI is InChI=1S/C17H17ClN4O/c1-9-14(18)6-5-12-15(7-19)22(17(23)16(9)12)8-13-10(2)20-21(4)11(13)3/h5-6,15H,8H2,1-4H3. The van der Waals surface area contributed by atoms with Gasteiger partial charge in [-0.25, -0.2) is 0 Å². The van der Waals surface area contributed by atoms with E-state index in [-0.39, 0.29) is 5.91 Å². The SMILES string of the molecule is Cc1nn(C)c(C)c1CN1C(=O)c2c(ccc(Cl)c2C)C1C#N. The maximum Gasteiger partial charge on any atom is 0.256 e. The van der Waals surface area contributed by atoms with Crippen LogP contribution in [-0.2, 0) is 13.6 Å². The Labute approximate surface area is 140 Å². The molecule has 6 heteroatoms. The first-order valence-corrected chi connectivity index (χ1v) is 7.73. The molecule has 0 saturated heterocycles. The fourth-order valence-corrected chi connectivity index (χ4v) is 3.32. The Hall–Kier alpha value is -2.32. The van der Waals surface area contributed by atoms with Gasteiger partial charge < -0.3 is 4.90 Å². The highest BCUT2D eigenvalue weighted by atomic mass is 35.5. The lowest BCUT2D eigenvalue weighted by molar-refractivity contribution is 0.0743. The van der Waals surface area contributed by atoms with E-state index in [2.05, 4.69) is 11.2 Å². The molecule has 0 spiro atoms. The fourth-order valence-electron chi connectivity index (χ4n) is 3.17. The lowest BCUT2D eigenvalue weighted by Gasteiger charge is -2.20. The van der Waals surface area contributed by atoms with E-state index in [4.69, 9.17) is 11.6 Å². The third-order valence-electron chi connectivity index (χ3n) is 4.62. The monoisotopic (exact) mass is 328 g/mol. The highest BCUT2D eigenvalue weighted by Gasteiger charge is 2.39. The molecule has 3 rings (SSSR count). The molecule has 0 saturated carbocycles. The molecule has 0 fully saturated rings. The van der Waals surface area contributed by atoms with Gasteiger partial charge in [0.25, 0.3) is 5.91 Å². The van der Waals surface area contributed by atoms with Crippen molar-refractivity contribution in [1.29, 1.82) is 5.26 Å². The summed E-state index contributed by atoms with van der Waals surface area (Å²) in [6, 6.07) is 5.18. The quantitative estimate of drug-likeness (QED) is 0.850. The van der Waals surface area contributed by atoms with Gasteiger partial charge in [0.2, 0.25) is 0 Å². The predicted octanol–water partition coefficient (Wildman–Crippen LogP) is 3.22. The number of aryl methyl sites for hydroxylation is 2. The Morgan fingerprint density at radius 1 is 1.35 bits per heavy atom. The third kappa shape index (κ3) is 2.22. The predicted molar refractivity (Wildman–Crippen MR) is 87.1 cm³/mol. The number of carbonyl (C=O) groups is 1. The molecule has 2 aromatic rings. The van der Waals surface area contributed by atoms with E-state index in [0.717, 1.165) is 28.1 Å². The van der Waals surface area contributed by atoms with E-state index in [1.54, 1.807) is 21.7 Å². The van der Waals surface area contributed by atoms with Crippen LogP contribution in [0.4, 0.5) is 0 Å². The number of carbonyl (C=O) groups excluding carboxylic acids is 1. The van der Waals surface area contributed by atoms with Gasteiger partial charge in [0.1, 0.15) is 6.04 Å². The number of benzene rings is 1. The van der Waals surface area contributed by atoms with Crippen LogP contribution in [0.2, 0.25) is 5.02 Å². The smallest absolute Gasteiger partial charge is 0.256 e. The highest BCUT2D eigenvalue weighted by molar-refractivity contribution is 6.32. The van der Waals surface area contributed by atoms with Gasteiger partial charge in [0.05, 0.1) is 23.9 Å². The Morgan fingerprint density at radius 3 is 2.61 bits per heavy atom. The van der Waals surface area contributed by atoms with Crippen LogP contribution in [0.5, 0.6) is 0 Å². The second-order valence-corrected chi connectivity index (χ2v) is 6.28. The number of nitrogens with zero attached hydrogens (tertiary/aromatic N) is 4. The summed E-state index contributed by atoms with van der Waals surface area (Å²) in [6.45, 7) is 6.07. The second kappa shape index (κ2) is 5.39. The Kier molecular flexibility index (Phi) is 3.65. The zero-order chi connectivity index (χ0) is 16.9. The molecule has 5 nitrogen and oxygen atoms in total. The molecule has 0 radical (unpaired) electrons. The molecular formula is C17H17ClN4O.